The fourth-order valence-electron chi connectivity index (χ4n) is 2.79. The van der Waals surface area contributed by atoms with Gasteiger partial charge in [-0.25, -0.2) is 4.98 Å². The Labute approximate surface area is 174 Å². The van der Waals surface area contributed by atoms with E-state index >= 15 is 0 Å². The molecule has 0 fully saturated rings. The first kappa shape index (κ1) is 18.7. The van der Waals surface area contributed by atoms with Crippen molar-refractivity contribution in [1.29, 1.82) is 0 Å². The Bertz CT molecular complexity index is 1180. The minimum Gasteiger partial charge on any atom is -0.481 e. The van der Waals surface area contributed by atoms with E-state index in [0.29, 0.717) is 37.7 Å². The Morgan fingerprint density at radius 2 is 1.96 bits per heavy atom. The van der Waals surface area contributed by atoms with Crippen LogP contribution in [0.5, 0.6) is 0 Å². The lowest BCUT2D eigenvalue weighted by Crippen LogP contribution is -1.96. The Morgan fingerprint density at radius 3 is 2.75 bits per heavy atom. The van der Waals surface area contributed by atoms with Crippen LogP contribution in [0.15, 0.2) is 59.0 Å². The summed E-state index contributed by atoms with van der Waals surface area (Å²) in [6.45, 7) is 0. The van der Waals surface area contributed by atoms with Crippen molar-refractivity contribution in [2.45, 2.75) is 6.42 Å². The molecule has 7 heteroatoms. The highest BCUT2D eigenvalue weighted by Gasteiger charge is 2.14. The number of hydrogen-bond donors (Lipinski definition) is 1. The lowest BCUT2D eigenvalue weighted by atomic mass is 10.1. The number of halogens is 2. The van der Waals surface area contributed by atoms with Crippen molar-refractivity contribution >= 4 is 62.4 Å². The van der Waals surface area contributed by atoms with E-state index < -0.39 is 5.97 Å². The molecule has 4 nitrogen and oxygen atoms in total. The zero-order chi connectivity index (χ0) is 19.7. The smallest absolute Gasteiger partial charge is 0.307 e. The highest BCUT2D eigenvalue weighted by atomic mass is 35.5. The highest BCUT2D eigenvalue weighted by molar-refractivity contribution is 7.19. The van der Waals surface area contributed by atoms with E-state index in [0.717, 1.165) is 10.2 Å². The number of rotatable bonds is 5. The number of thiazole rings is 1. The number of para-hydroxylation sites is 1. The first-order valence-electron chi connectivity index (χ1n) is 8.33. The quantitative estimate of drug-likeness (QED) is 0.375. The van der Waals surface area contributed by atoms with Gasteiger partial charge in [-0.05, 0) is 48.5 Å². The molecule has 0 saturated heterocycles. The Balaban J connectivity index is 1.74. The van der Waals surface area contributed by atoms with Gasteiger partial charge in [0.1, 0.15) is 16.5 Å². The molecule has 4 rings (SSSR count). The zero-order valence-electron chi connectivity index (χ0n) is 14.4. The van der Waals surface area contributed by atoms with Crippen molar-refractivity contribution in [3.63, 3.8) is 0 Å². The molecule has 4 aromatic rings. The lowest BCUT2D eigenvalue weighted by molar-refractivity contribution is -0.135. The molecule has 0 amide bonds. The third kappa shape index (κ3) is 3.97. The first-order valence-corrected chi connectivity index (χ1v) is 9.90. The molecule has 0 aliphatic carbocycles. The third-order valence-electron chi connectivity index (χ3n) is 4.05. The van der Waals surface area contributed by atoms with Gasteiger partial charge >= 0.3 is 5.97 Å². The van der Waals surface area contributed by atoms with Crippen molar-refractivity contribution in [2.75, 3.05) is 0 Å². The van der Waals surface area contributed by atoms with Gasteiger partial charge in [0.25, 0.3) is 0 Å². The van der Waals surface area contributed by atoms with Crippen molar-refractivity contribution in [3.05, 3.63) is 75.4 Å². The second kappa shape index (κ2) is 7.80. The molecular formula is C21H13Cl2NO3S. The molecule has 140 valence electrons. The number of furan rings is 1. The van der Waals surface area contributed by atoms with E-state index in [9.17, 15) is 9.90 Å². The van der Waals surface area contributed by atoms with Crippen LogP contribution >= 0.6 is 34.5 Å². The maximum atomic E-state index is 11.4. The summed E-state index contributed by atoms with van der Waals surface area (Å²) in [5.74, 6) is 0.134. The molecule has 0 aliphatic rings. The minimum absolute atomic E-state index is 0.159. The van der Waals surface area contributed by atoms with Gasteiger partial charge in [-0.1, -0.05) is 35.3 Å². The number of fused-ring (bicyclic) bond motifs is 1. The third-order valence-corrected chi connectivity index (χ3v) is 5.72. The number of aromatic nitrogens is 1. The van der Waals surface area contributed by atoms with Crippen LogP contribution in [0.25, 0.3) is 33.2 Å². The summed E-state index contributed by atoms with van der Waals surface area (Å²) in [5.41, 5.74) is 2.09. The van der Waals surface area contributed by atoms with E-state index in [4.69, 9.17) is 27.6 Å². The van der Waals surface area contributed by atoms with Crippen LogP contribution in [0.3, 0.4) is 0 Å². The number of hydrogen-bond acceptors (Lipinski definition) is 4. The maximum absolute atomic E-state index is 11.4. The molecule has 0 spiro atoms. The van der Waals surface area contributed by atoms with Crippen molar-refractivity contribution in [2.24, 2.45) is 0 Å². The summed E-state index contributed by atoms with van der Waals surface area (Å²) in [6.07, 6.45) is 1.54. The van der Waals surface area contributed by atoms with E-state index in [2.05, 4.69) is 4.98 Å². The molecule has 0 bridgehead atoms. The highest BCUT2D eigenvalue weighted by Crippen LogP contribution is 2.34. The average molecular weight is 430 g/mol. The van der Waals surface area contributed by atoms with Crippen LogP contribution in [0.2, 0.25) is 10.0 Å². The monoisotopic (exact) mass is 429 g/mol. The molecule has 2 heterocycles. The number of carboxylic acids is 1. The molecule has 0 atom stereocenters. The van der Waals surface area contributed by atoms with Gasteiger partial charge in [-0.15, -0.1) is 11.3 Å². The van der Waals surface area contributed by atoms with Gasteiger partial charge in [0, 0.05) is 16.2 Å². The Kier molecular flexibility index (Phi) is 5.22. The molecule has 0 unspecified atom stereocenters. The number of aliphatic carboxylic acids is 1. The topological polar surface area (TPSA) is 63.3 Å². The summed E-state index contributed by atoms with van der Waals surface area (Å²) in [7, 11) is 0. The van der Waals surface area contributed by atoms with Crippen molar-refractivity contribution < 1.29 is 14.3 Å². The minimum atomic E-state index is -0.935. The average Bonchev–Trinajstić information content (AvgIpc) is 3.29. The normalized spacial score (nSPS) is 11.9. The second-order valence-corrected chi connectivity index (χ2v) is 7.93. The van der Waals surface area contributed by atoms with Crippen molar-refractivity contribution in [3.8, 4) is 11.3 Å². The molecule has 0 saturated carbocycles. The summed E-state index contributed by atoms with van der Waals surface area (Å²) in [6, 6.07) is 16.4. The summed E-state index contributed by atoms with van der Waals surface area (Å²) < 4.78 is 6.88. The standard InChI is InChI=1S/C21H13Cl2NO3S/c22-13-5-7-16(23)15(11-13)18-8-6-14(27-18)9-12(10-20(25)26)21-24-17-3-1-2-4-19(17)28-21/h1-9,11H,10H2,(H,25,26). The largest absolute Gasteiger partial charge is 0.481 e. The van der Waals surface area contributed by atoms with Crippen molar-refractivity contribution in [1.82, 2.24) is 4.98 Å². The second-order valence-electron chi connectivity index (χ2n) is 6.05. The van der Waals surface area contributed by atoms with E-state index in [1.807, 2.05) is 24.3 Å². The molecule has 0 aliphatic heterocycles. The van der Waals surface area contributed by atoms with Gasteiger partial charge in [-0.3, -0.25) is 4.79 Å². The van der Waals surface area contributed by atoms with Gasteiger partial charge in [0.15, 0.2) is 0 Å². The molecule has 1 N–H and O–H groups in total. The molecule has 2 aromatic heterocycles. The van der Waals surface area contributed by atoms with Crippen LogP contribution in [0.4, 0.5) is 0 Å². The Hall–Kier alpha value is -2.60. The van der Waals surface area contributed by atoms with Crippen LogP contribution in [-0.4, -0.2) is 16.1 Å². The summed E-state index contributed by atoms with van der Waals surface area (Å²) in [4.78, 5) is 15.9. The number of nitrogens with zero attached hydrogens (tertiary/aromatic N) is 1. The summed E-state index contributed by atoms with van der Waals surface area (Å²) >= 11 is 13.7. The Morgan fingerprint density at radius 1 is 1.14 bits per heavy atom. The van der Waals surface area contributed by atoms with Gasteiger partial charge in [0.05, 0.1) is 21.7 Å². The van der Waals surface area contributed by atoms with E-state index in [1.54, 1.807) is 36.4 Å². The van der Waals surface area contributed by atoms with E-state index in [-0.39, 0.29) is 6.42 Å². The lowest BCUT2D eigenvalue weighted by Gasteiger charge is -2.02. The van der Waals surface area contributed by atoms with Gasteiger partial charge in [0.2, 0.25) is 0 Å². The fraction of sp³-hybridized carbons (Fsp3) is 0.0476. The predicted octanol–water partition coefficient (Wildman–Crippen LogP) is 6.88. The number of carboxylic acid groups (broad SMARTS) is 1. The predicted molar refractivity (Wildman–Crippen MR) is 114 cm³/mol. The molecular weight excluding hydrogens is 417 g/mol. The van der Waals surface area contributed by atoms with Crippen LogP contribution in [0.1, 0.15) is 17.2 Å². The van der Waals surface area contributed by atoms with Gasteiger partial charge < -0.3 is 9.52 Å². The van der Waals surface area contributed by atoms with Crippen LogP contribution < -0.4 is 0 Å². The fourth-order valence-corrected chi connectivity index (χ4v) is 4.16. The van der Waals surface area contributed by atoms with Gasteiger partial charge in [-0.2, -0.15) is 0 Å². The first-order chi connectivity index (χ1) is 13.5. The zero-order valence-corrected chi connectivity index (χ0v) is 16.7. The van der Waals surface area contributed by atoms with Crippen LogP contribution in [-0.2, 0) is 4.79 Å². The molecule has 0 radical (unpaired) electrons. The summed E-state index contributed by atoms with van der Waals surface area (Å²) in [5, 5.41) is 11.0. The number of carbonyl (C=O) groups is 1. The SMILES string of the molecule is O=C(O)CC(=Cc1ccc(-c2cc(Cl)ccc2Cl)o1)c1nc2ccccc2s1. The maximum Gasteiger partial charge on any atom is 0.307 e. The molecule has 2 aromatic carbocycles. The molecule has 28 heavy (non-hydrogen) atoms. The van der Waals surface area contributed by atoms with E-state index in [1.165, 1.54) is 11.3 Å². The van der Waals surface area contributed by atoms with Crippen LogP contribution in [0, 0.1) is 0 Å². The number of benzene rings is 2.